The quantitative estimate of drug-likeness (QED) is 0.819. The first-order valence-electron chi connectivity index (χ1n) is 7.38. The topological polar surface area (TPSA) is 87.8 Å². The molecular formula is C14H23N5O2. The van der Waals surface area contributed by atoms with Crippen molar-refractivity contribution in [2.45, 2.75) is 39.2 Å². The van der Waals surface area contributed by atoms with Crippen molar-refractivity contribution in [1.82, 2.24) is 18.7 Å². The molecule has 0 saturated heterocycles. The van der Waals surface area contributed by atoms with E-state index >= 15 is 0 Å². The Kier molecular flexibility index (Phi) is 4.62. The Morgan fingerprint density at radius 1 is 1.14 bits per heavy atom. The van der Waals surface area contributed by atoms with Gasteiger partial charge in [-0.3, -0.25) is 13.9 Å². The van der Waals surface area contributed by atoms with Crippen LogP contribution in [0.15, 0.2) is 9.59 Å². The number of aromatic nitrogens is 4. The van der Waals surface area contributed by atoms with Crippen LogP contribution in [-0.2, 0) is 27.1 Å². The molecule has 0 radical (unpaired) electrons. The van der Waals surface area contributed by atoms with E-state index in [9.17, 15) is 9.59 Å². The van der Waals surface area contributed by atoms with Crippen LogP contribution in [0.2, 0.25) is 0 Å². The number of rotatable bonds is 6. The molecule has 0 saturated carbocycles. The van der Waals surface area contributed by atoms with Gasteiger partial charge in [-0.2, -0.15) is 0 Å². The van der Waals surface area contributed by atoms with Crippen LogP contribution in [0, 0.1) is 0 Å². The van der Waals surface area contributed by atoms with Crippen molar-refractivity contribution in [2.24, 2.45) is 19.8 Å². The molecule has 0 atom stereocenters. The fraction of sp³-hybridized carbons (Fsp3) is 0.643. The van der Waals surface area contributed by atoms with Crippen molar-refractivity contribution in [3.05, 3.63) is 26.7 Å². The average Bonchev–Trinajstić information content (AvgIpc) is 2.85. The number of imidazole rings is 1. The molecular weight excluding hydrogens is 270 g/mol. The summed E-state index contributed by atoms with van der Waals surface area (Å²) in [4.78, 5) is 29.0. The molecule has 2 N–H and O–H groups in total. The first kappa shape index (κ1) is 15.5. The van der Waals surface area contributed by atoms with E-state index in [4.69, 9.17) is 5.73 Å². The van der Waals surface area contributed by atoms with Gasteiger partial charge in [0.25, 0.3) is 5.56 Å². The molecule has 7 nitrogen and oxygen atoms in total. The molecule has 0 aliphatic carbocycles. The highest BCUT2D eigenvalue weighted by Crippen LogP contribution is 2.13. The predicted molar refractivity (Wildman–Crippen MR) is 82.5 cm³/mol. The minimum absolute atomic E-state index is 0.282. The highest BCUT2D eigenvalue weighted by molar-refractivity contribution is 5.71. The largest absolute Gasteiger partial charge is 0.332 e. The van der Waals surface area contributed by atoms with Gasteiger partial charge < -0.3 is 10.3 Å². The zero-order valence-electron chi connectivity index (χ0n) is 12.9. The molecule has 7 heteroatoms. The summed E-state index contributed by atoms with van der Waals surface area (Å²) in [6, 6.07) is 0. The lowest BCUT2D eigenvalue weighted by Crippen LogP contribution is -2.37. The monoisotopic (exact) mass is 293 g/mol. The molecule has 0 bridgehead atoms. The van der Waals surface area contributed by atoms with Gasteiger partial charge in [-0.1, -0.05) is 13.3 Å². The van der Waals surface area contributed by atoms with Crippen LogP contribution >= 0.6 is 0 Å². The minimum atomic E-state index is -0.349. The van der Waals surface area contributed by atoms with Gasteiger partial charge in [-0.05, 0) is 19.4 Å². The molecule has 2 rings (SSSR count). The Bertz CT molecular complexity index is 753. The van der Waals surface area contributed by atoms with Crippen molar-refractivity contribution >= 4 is 11.2 Å². The summed E-state index contributed by atoms with van der Waals surface area (Å²) in [5, 5.41) is 0. The van der Waals surface area contributed by atoms with Gasteiger partial charge in [0.05, 0.1) is 0 Å². The van der Waals surface area contributed by atoms with Crippen LogP contribution in [0.5, 0.6) is 0 Å². The zero-order valence-corrected chi connectivity index (χ0v) is 12.9. The number of nitrogens with two attached hydrogens (primary N) is 1. The minimum Gasteiger partial charge on any atom is -0.330 e. The third-order valence-electron chi connectivity index (χ3n) is 3.77. The van der Waals surface area contributed by atoms with Gasteiger partial charge in [0.2, 0.25) is 0 Å². The number of unbranched alkanes of at least 4 members (excludes halogenated alkanes) is 1. The summed E-state index contributed by atoms with van der Waals surface area (Å²) in [6.45, 7) is 3.42. The van der Waals surface area contributed by atoms with E-state index in [1.807, 2.05) is 4.57 Å². The van der Waals surface area contributed by atoms with E-state index in [0.717, 1.165) is 36.2 Å². The number of nitrogens with zero attached hydrogens (tertiary/aromatic N) is 4. The zero-order chi connectivity index (χ0) is 15.6. The summed E-state index contributed by atoms with van der Waals surface area (Å²) >= 11 is 0. The predicted octanol–water partition coefficient (Wildman–Crippen LogP) is 0.125. The first-order chi connectivity index (χ1) is 10.0. The summed E-state index contributed by atoms with van der Waals surface area (Å²) in [7, 11) is 3.15. The van der Waals surface area contributed by atoms with Crippen molar-refractivity contribution in [3.8, 4) is 0 Å². The van der Waals surface area contributed by atoms with Crippen molar-refractivity contribution in [1.29, 1.82) is 0 Å². The third-order valence-corrected chi connectivity index (χ3v) is 3.77. The van der Waals surface area contributed by atoms with Gasteiger partial charge >= 0.3 is 5.69 Å². The molecule has 0 aliphatic heterocycles. The Morgan fingerprint density at radius 3 is 2.48 bits per heavy atom. The number of fused-ring (bicyclic) bond motifs is 1. The van der Waals surface area contributed by atoms with E-state index in [1.54, 1.807) is 7.05 Å². The van der Waals surface area contributed by atoms with E-state index in [1.165, 1.54) is 11.6 Å². The molecule has 0 unspecified atom stereocenters. The highest BCUT2D eigenvalue weighted by Gasteiger charge is 2.18. The van der Waals surface area contributed by atoms with Crippen LogP contribution in [0.3, 0.4) is 0 Å². The van der Waals surface area contributed by atoms with Crippen LogP contribution in [0.25, 0.3) is 11.2 Å². The van der Waals surface area contributed by atoms with Crippen molar-refractivity contribution < 1.29 is 0 Å². The van der Waals surface area contributed by atoms with E-state index < -0.39 is 0 Å². The molecule has 21 heavy (non-hydrogen) atoms. The Balaban J connectivity index is 2.74. The van der Waals surface area contributed by atoms with E-state index in [2.05, 4.69) is 11.9 Å². The van der Waals surface area contributed by atoms with Gasteiger partial charge in [0.15, 0.2) is 11.2 Å². The number of hydrogen-bond acceptors (Lipinski definition) is 4. The molecule has 0 aromatic carbocycles. The fourth-order valence-electron chi connectivity index (χ4n) is 2.50. The van der Waals surface area contributed by atoms with Crippen LogP contribution < -0.4 is 17.0 Å². The Morgan fingerprint density at radius 2 is 1.86 bits per heavy atom. The van der Waals surface area contributed by atoms with Crippen LogP contribution in [0.4, 0.5) is 0 Å². The SMILES string of the molecule is CCCCn1c(CCCN)nc2c1c(=O)n(C)c(=O)n2C. The maximum absolute atomic E-state index is 12.4. The standard InChI is InChI=1S/C14H23N5O2/c1-4-5-9-19-10(7-6-8-15)16-12-11(19)13(20)18(3)14(21)17(12)2/h4-9,15H2,1-3H3. The lowest BCUT2D eigenvalue weighted by atomic mass is 10.3. The van der Waals surface area contributed by atoms with Gasteiger partial charge in [0, 0.05) is 27.1 Å². The first-order valence-corrected chi connectivity index (χ1v) is 7.38. The summed E-state index contributed by atoms with van der Waals surface area (Å²) in [5.74, 6) is 0.835. The average molecular weight is 293 g/mol. The molecule has 116 valence electrons. The fourth-order valence-corrected chi connectivity index (χ4v) is 2.50. The molecule has 0 fully saturated rings. The van der Waals surface area contributed by atoms with E-state index in [-0.39, 0.29) is 11.2 Å². The Hall–Kier alpha value is -1.89. The summed E-state index contributed by atoms with van der Waals surface area (Å²) in [5.41, 5.74) is 5.92. The van der Waals surface area contributed by atoms with Crippen molar-refractivity contribution in [2.75, 3.05) is 6.54 Å². The van der Waals surface area contributed by atoms with Crippen molar-refractivity contribution in [3.63, 3.8) is 0 Å². The second kappa shape index (κ2) is 6.26. The maximum atomic E-state index is 12.4. The van der Waals surface area contributed by atoms with Crippen LogP contribution in [-0.4, -0.2) is 25.2 Å². The number of aryl methyl sites for hydroxylation is 3. The maximum Gasteiger partial charge on any atom is 0.332 e. The Labute approximate surface area is 123 Å². The van der Waals surface area contributed by atoms with Gasteiger partial charge in [-0.25, -0.2) is 9.78 Å². The van der Waals surface area contributed by atoms with Crippen LogP contribution in [0.1, 0.15) is 32.0 Å². The van der Waals surface area contributed by atoms with Gasteiger partial charge in [-0.15, -0.1) is 0 Å². The van der Waals surface area contributed by atoms with E-state index in [0.29, 0.717) is 24.1 Å². The molecule has 2 aromatic rings. The summed E-state index contributed by atoms with van der Waals surface area (Å²) < 4.78 is 4.53. The second-order valence-corrected chi connectivity index (χ2v) is 5.30. The van der Waals surface area contributed by atoms with Gasteiger partial charge in [0.1, 0.15) is 5.82 Å². The third kappa shape index (κ3) is 2.65. The molecule has 2 aromatic heterocycles. The lowest BCUT2D eigenvalue weighted by molar-refractivity contribution is 0.603. The smallest absolute Gasteiger partial charge is 0.330 e. The molecule has 2 heterocycles. The lowest BCUT2D eigenvalue weighted by Gasteiger charge is -2.08. The molecule has 0 aliphatic rings. The highest BCUT2D eigenvalue weighted by atomic mass is 16.2. The second-order valence-electron chi connectivity index (χ2n) is 5.30. The summed E-state index contributed by atoms with van der Waals surface area (Å²) in [6.07, 6.45) is 3.52. The normalized spacial score (nSPS) is 11.4. The molecule has 0 spiro atoms. The molecule has 0 amide bonds. The number of hydrogen-bond donors (Lipinski definition) is 1.